The lowest BCUT2D eigenvalue weighted by molar-refractivity contribution is -0.117. The van der Waals surface area contributed by atoms with E-state index in [1.807, 2.05) is 18.7 Å². The molecule has 12 nitrogen and oxygen atoms in total. The number of hydrogen-bond donors (Lipinski definition) is 2. The zero-order valence-corrected chi connectivity index (χ0v) is 22.7. The van der Waals surface area contributed by atoms with Crippen LogP contribution >= 0.6 is 0 Å². The Kier molecular flexibility index (Phi) is 7.03. The third-order valence-electron chi connectivity index (χ3n) is 6.17. The number of primary amides is 1. The molecule has 2 aliphatic heterocycles. The van der Waals surface area contributed by atoms with Crippen LogP contribution in [0.1, 0.15) is 19.5 Å². The Bertz CT molecular complexity index is 1520. The van der Waals surface area contributed by atoms with Crippen molar-refractivity contribution in [2.75, 3.05) is 49.4 Å². The maximum Gasteiger partial charge on any atom is 0.257 e. The number of ether oxygens (including phenoxy) is 3. The molecular weight excluding hydrogens is 524 g/mol. The van der Waals surface area contributed by atoms with Crippen molar-refractivity contribution in [2.24, 2.45) is 5.73 Å². The predicted molar refractivity (Wildman–Crippen MR) is 144 cm³/mol. The van der Waals surface area contributed by atoms with E-state index in [0.29, 0.717) is 78.7 Å². The SMILES string of the molecule is CC1(C)COc2nc(-c3cnc(CC(N)=O)cc3Nc3cc(N4CCOCC4)cc(S(C)(=O)=O)n3)ccc2O1. The molecule has 1 saturated heterocycles. The Hall–Kier alpha value is -3.97. The molecular formula is C26H30N6O6S. The number of rotatable bonds is 7. The number of morpholine rings is 1. The van der Waals surface area contributed by atoms with Gasteiger partial charge in [0.25, 0.3) is 5.88 Å². The van der Waals surface area contributed by atoms with E-state index in [1.165, 1.54) is 0 Å². The van der Waals surface area contributed by atoms with E-state index in [-0.39, 0.29) is 11.4 Å². The number of anilines is 3. The number of fused-ring (bicyclic) bond motifs is 1. The number of nitrogens with zero attached hydrogens (tertiary/aromatic N) is 4. The highest BCUT2D eigenvalue weighted by Gasteiger charge is 2.29. The van der Waals surface area contributed by atoms with Crippen molar-refractivity contribution in [2.45, 2.75) is 30.9 Å². The van der Waals surface area contributed by atoms with E-state index in [4.69, 9.17) is 19.9 Å². The number of nitrogens with one attached hydrogen (secondary N) is 1. The maximum absolute atomic E-state index is 12.5. The zero-order chi connectivity index (χ0) is 27.8. The number of pyridine rings is 3. The zero-order valence-electron chi connectivity index (χ0n) is 21.9. The summed E-state index contributed by atoms with van der Waals surface area (Å²) in [5, 5.41) is 3.16. The smallest absolute Gasteiger partial charge is 0.257 e. The molecule has 3 aromatic rings. The summed E-state index contributed by atoms with van der Waals surface area (Å²) >= 11 is 0. The lowest BCUT2D eigenvalue weighted by Gasteiger charge is -2.31. The van der Waals surface area contributed by atoms with Crippen LogP contribution in [0.15, 0.2) is 41.6 Å². The highest BCUT2D eigenvalue weighted by atomic mass is 32.2. The van der Waals surface area contributed by atoms with Gasteiger partial charge in [0, 0.05) is 42.9 Å². The molecule has 0 unspecified atom stereocenters. The molecule has 13 heteroatoms. The second-order valence-electron chi connectivity index (χ2n) is 10.1. The van der Waals surface area contributed by atoms with Gasteiger partial charge in [-0.05, 0) is 38.1 Å². The largest absolute Gasteiger partial charge is 0.479 e. The van der Waals surface area contributed by atoms with Crippen molar-refractivity contribution >= 4 is 32.9 Å². The monoisotopic (exact) mass is 554 g/mol. The fourth-order valence-electron chi connectivity index (χ4n) is 4.30. The quantitative estimate of drug-likeness (QED) is 0.440. The summed E-state index contributed by atoms with van der Waals surface area (Å²) in [7, 11) is -3.61. The van der Waals surface area contributed by atoms with Gasteiger partial charge < -0.3 is 30.2 Å². The molecule has 5 rings (SSSR count). The van der Waals surface area contributed by atoms with Gasteiger partial charge in [-0.25, -0.2) is 18.4 Å². The minimum Gasteiger partial charge on any atom is -0.479 e. The molecule has 0 radical (unpaired) electrons. The molecule has 3 N–H and O–H groups in total. The molecule has 2 aliphatic rings. The van der Waals surface area contributed by atoms with Crippen LogP contribution in [0, 0.1) is 0 Å². The summed E-state index contributed by atoms with van der Waals surface area (Å²) < 4.78 is 42.2. The van der Waals surface area contributed by atoms with Gasteiger partial charge >= 0.3 is 0 Å². The summed E-state index contributed by atoms with van der Waals surface area (Å²) in [6.07, 6.45) is 2.62. The summed E-state index contributed by atoms with van der Waals surface area (Å²) in [5.74, 6) is 0.649. The molecule has 0 atom stereocenters. The average molecular weight is 555 g/mol. The van der Waals surface area contributed by atoms with E-state index < -0.39 is 21.3 Å². The number of aromatic nitrogens is 3. The van der Waals surface area contributed by atoms with Gasteiger partial charge in [0.2, 0.25) is 5.91 Å². The molecule has 1 amide bonds. The predicted octanol–water partition coefficient (Wildman–Crippen LogP) is 2.10. The van der Waals surface area contributed by atoms with Crippen molar-refractivity contribution in [3.8, 4) is 22.9 Å². The van der Waals surface area contributed by atoms with Crippen molar-refractivity contribution in [3.63, 3.8) is 0 Å². The third-order valence-corrected chi connectivity index (χ3v) is 7.13. The fourth-order valence-corrected chi connectivity index (χ4v) is 4.90. The summed E-state index contributed by atoms with van der Waals surface area (Å²) in [6.45, 7) is 6.51. The van der Waals surface area contributed by atoms with Crippen LogP contribution in [0.25, 0.3) is 11.3 Å². The third kappa shape index (κ3) is 6.20. The molecule has 1 fully saturated rings. The van der Waals surface area contributed by atoms with E-state index >= 15 is 0 Å². The first-order chi connectivity index (χ1) is 18.5. The first kappa shape index (κ1) is 26.6. The van der Waals surface area contributed by atoms with Gasteiger partial charge in [-0.3, -0.25) is 9.78 Å². The topological polar surface area (TPSA) is 159 Å². The van der Waals surface area contributed by atoms with Crippen LogP contribution in [0.2, 0.25) is 0 Å². The van der Waals surface area contributed by atoms with Gasteiger partial charge in [-0.1, -0.05) is 0 Å². The molecule has 0 saturated carbocycles. The van der Waals surface area contributed by atoms with Crippen molar-refractivity contribution in [1.82, 2.24) is 15.0 Å². The molecule has 0 aromatic carbocycles. The van der Waals surface area contributed by atoms with Gasteiger partial charge in [0.1, 0.15) is 18.0 Å². The Balaban J connectivity index is 1.57. The molecule has 0 aliphatic carbocycles. The lowest BCUT2D eigenvalue weighted by Crippen LogP contribution is -2.39. The normalized spacial score (nSPS) is 16.5. The van der Waals surface area contributed by atoms with Crippen LogP contribution in [-0.2, 0) is 25.8 Å². The Morgan fingerprint density at radius 1 is 1.15 bits per heavy atom. The molecule has 39 heavy (non-hydrogen) atoms. The highest BCUT2D eigenvalue weighted by molar-refractivity contribution is 7.90. The van der Waals surface area contributed by atoms with Crippen LogP contribution in [0.3, 0.4) is 0 Å². The number of hydrogen-bond acceptors (Lipinski definition) is 11. The van der Waals surface area contributed by atoms with Crippen molar-refractivity contribution < 1.29 is 27.4 Å². The van der Waals surface area contributed by atoms with Crippen LogP contribution < -0.4 is 25.4 Å². The summed E-state index contributed by atoms with van der Waals surface area (Å²) in [6, 6.07) is 8.56. The molecule has 206 valence electrons. The van der Waals surface area contributed by atoms with Gasteiger partial charge in [-0.15, -0.1) is 0 Å². The van der Waals surface area contributed by atoms with E-state index in [1.54, 1.807) is 36.5 Å². The van der Waals surface area contributed by atoms with Gasteiger partial charge in [0.05, 0.1) is 36.7 Å². The van der Waals surface area contributed by atoms with Gasteiger partial charge in [0.15, 0.2) is 20.6 Å². The number of carbonyl (C=O) groups is 1. The first-order valence-corrected chi connectivity index (χ1v) is 14.3. The average Bonchev–Trinajstić information content (AvgIpc) is 2.88. The van der Waals surface area contributed by atoms with Crippen LogP contribution in [0.5, 0.6) is 11.6 Å². The molecule has 0 spiro atoms. The van der Waals surface area contributed by atoms with E-state index in [9.17, 15) is 13.2 Å². The second-order valence-corrected chi connectivity index (χ2v) is 12.0. The standard InChI is InChI=1S/C26H30N6O6S/c1-26(2)15-37-25-21(38-26)5-4-19(30-25)18-14-28-16(11-22(27)33)10-20(18)29-23-12-17(32-6-8-36-9-7-32)13-24(31-23)39(3,34)35/h4-5,10,12-14H,6-9,11,15H2,1-3H3,(H2,27,33)(H,28,29,31). The Morgan fingerprint density at radius 2 is 1.92 bits per heavy atom. The summed E-state index contributed by atoms with van der Waals surface area (Å²) in [4.78, 5) is 27.0. The van der Waals surface area contributed by atoms with Gasteiger partial charge in [-0.2, -0.15) is 0 Å². The fraction of sp³-hybridized carbons (Fsp3) is 0.385. The second kappa shape index (κ2) is 10.3. The minimum atomic E-state index is -3.61. The molecule has 3 aromatic heterocycles. The van der Waals surface area contributed by atoms with Crippen molar-refractivity contribution in [3.05, 3.63) is 42.2 Å². The number of sulfone groups is 1. The van der Waals surface area contributed by atoms with Crippen molar-refractivity contribution in [1.29, 1.82) is 0 Å². The van der Waals surface area contributed by atoms with E-state index in [0.717, 1.165) is 6.26 Å². The van der Waals surface area contributed by atoms with Crippen LogP contribution in [-0.4, -0.2) is 74.0 Å². The molecule has 5 heterocycles. The van der Waals surface area contributed by atoms with Crippen LogP contribution in [0.4, 0.5) is 17.2 Å². The Labute approximate surface area is 226 Å². The summed E-state index contributed by atoms with van der Waals surface area (Å²) in [5.41, 5.74) is 7.69. The first-order valence-electron chi connectivity index (χ1n) is 12.4. The number of amides is 1. The Morgan fingerprint density at radius 3 is 2.64 bits per heavy atom. The minimum absolute atomic E-state index is 0.0676. The lowest BCUT2D eigenvalue weighted by atomic mass is 10.1. The highest BCUT2D eigenvalue weighted by Crippen LogP contribution is 2.38. The number of carbonyl (C=O) groups excluding carboxylic acids is 1. The van der Waals surface area contributed by atoms with E-state index in [2.05, 4.69) is 20.3 Å². The number of nitrogens with two attached hydrogens (primary N) is 1. The molecule has 0 bridgehead atoms. The maximum atomic E-state index is 12.5.